The lowest BCUT2D eigenvalue weighted by molar-refractivity contribution is -0.133. The molecule has 9 heteroatoms. The van der Waals surface area contributed by atoms with Crippen LogP contribution in [0.15, 0.2) is 36.4 Å². The van der Waals surface area contributed by atoms with E-state index in [0.29, 0.717) is 41.7 Å². The quantitative estimate of drug-likeness (QED) is 0.633. The smallest absolute Gasteiger partial charge is 0.325 e. The molecule has 4 rings (SSSR count). The Labute approximate surface area is 204 Å². The summed E-state index contributed by atoms with van der Waals surface area (Å²) in [6, 6.07) is 10.1. The maximum absolute atomic E-state index is 13.3. The van der Waals surface area contributed by atoms with E-state index in [0.717, 1.165) is 16.9 Å². The summed E-state index contributed by atoms with van der Waals surface area (Å²) in [5, 5.41) is 5.51. The number of methoxy groups -OCH3 is 1. The summed E-state index contributed by atoms with van der Waals surface area (Å²) in [7, 11) is 1.51. The fraction of sp³-hybridized carbons (Fsp3) is 0.423. The summed E-state index contributed by atoms with van der Waals surface area (Å²) in [5.41, 5.74) is 0.545. The van der Waals surface area contributed by atoms with Gasteiger partial charge in [0.2, 0.25) is 5.91 Å². The first-order valence-corrected chi connectivity index (χ1v) is 11.6. The molecule has 4 amide bonds. The Kier molecular flexibility index (Phi) is 6.36. The summed E-state index contributed by atoms with van der Waals surface area (Å²) in [4.78, 5) is 39.9. The highest BCUT2D eigenvalue weighted by Crippen LogP contribution is 2.37. The first-order valence-electron chi connectivity index (χ1n) is 11.6. The number of amides is 4. The Morgan fingerprint density at radius 1 is 1.11 bits per heavy atom. The zero-order chi connectivity index (χ0) is 25.4. The molecular weight excluding hydrogens is 450 g/mol. The molecule has 0 radical (unpaired) electrons. The topological polar surface area (TPSA) is 106 Å². The lowest BCUT2D eigenvalue weighted by atomic mass is 9.87. The second kappa shape index (κ2) is 9.13. The number of hydrogen-bond donors (Lipinski definition) is 2. The molecular formula is C26H31N3O6. The molecule has 1 atom stereocenters. The third kappa shape index (κ3) is 4.76. The van der Waals surface area contributed by atoms with E-state index in [2.05, 4.69) is 31.4 Å². The predicted molar refractivity (Wildman–Crippen MR) is 130 cm³/mol. The van der Waals surface area contributed by atoms with Crippen molar-refractivity contribution in [2.45, 2.75) is 45.1 Å². The van der Waals surface area contributed by atoms with Crippen LogP contribution < -0.4 is 24.8 Å². The van der Waals surface area contributed by atoms with Crippen LogP contribution in [0.2, 0.25) is 0 Å². The fourth-order valence-electron chi connectivity index (χ4n) is 4.12. The van der Waals surface area contributed by atoms with Gasteiger partial charge in [0.25, 0.3) is 5.91 Å². The van der Waals surface area contributed by atoms with E-state index in [-0.39, 0.29) is 5.41 Å². The Hall–Kier alpha value is -3.75. The van der Waals surface area contributed by atoms with E-state index in [4.69, 9.17) is 14.2 Å². The minimum absolute atomic E-state index is 0.138. The van der Waals surface area contributed by atoms with Crippen molar-refractivity contribution in [2.75, 3.05) is 32.2 Å². The normalized spacial score (nSPS) is 19.7. The Morgan fingerprint density at radius 2 is 1.83 bits per heavy atom. The molecule has 2 aliphatic rings. The Balaban J connectivity index is 1.52. The third-order valence-corrected chi connectivity index (χ3v) is 6.24. The molecule has 2 aromatic rings. The van der Waals surface area contributed by atoms with Gasteiger partial charge in [0.1, 0.15) is 17.8 Å². The van der Waals surface area contributed by atoms with Crippen LogP contribution in [0.4, 0.5) is 10.5 Å². The Bertz CT molecular complexity index is 1170. The van der Waals surface area contributed by atoms with Crippen molar-refractivity contribution in [2.24, 2.45) is 0 Å². The van der Waals surface area contributed by atoms with Crippen molar-refractivity contribution in [1.29, 1.82) is 0 Å². The number of nitrogens with one attached hydrogen (secondary N) is 2. The van der Waals surface area contributed by atoms with Crippen LogP contribution >= 0.6 is 0 Å². The molecule has 2 N–H and O–H groups in total. The molecule has 35 heavy (non-hydrogen) atoms. The first kappa shape index (κ1) is 24.4. The highest BCUT2D eigenvalue weighted by molar-refractivity contribution is 6.10. The number of nitrogens with zero attached hydrogens (tertiary/aromatic N) is 1. The van der Waals surface area contributed by atoms with Gasteiger partial charge in [0.05, 0.1) is 26.0 Å². The van der Waals surface area contributed by atoms with E-state index in [1.165, 1.54) is 7.11 Å². The van der Waals surface area contributed by atoms with Crippen molar-refractivity contribution >= 4 is 23.5 Å². The minimum atomic E-state index is -1.34. The monoisotopic (exact) mass is 481 g/mol. The molecule has 1 fully saturated rings. The van der Waals surface area contributed by atoms with Crippen molar-refractivity contribution < 1.29 is 28.6 Å². The van der Waals surface area contributed by atoms with E-state index < -0.39 is 29.9 Å². The van der Waals surface area contributed by atoms with Gasteiger partial charge >= 0.3 is 6.03 Å². The molecule has 186 valence electrons. The zero-order valence-electron chi connectivity index (χ0n) is 20.7. The molecule has 0 bridgehead atoms. The van der Waals surface area contributed by atoms with Gasteiger partial charge in [0, 0.05) is 6.42 Å². The number of fused-ring (bicyclic) bond motifs is 1. The van der Waals surface area contributed by atoms with E-state index >= 15 is 0 Å². The van der Waals surface area contributed by atoms with E-state index in [1.807, 2.05) is 12.1 Å². The maximum Gasteiger partial charge on any atom is 0.325 e. The highest BCUT2D eigenvalue weighted by atomic mass is 16.5. The number of benzene rings is 2. The van der Waals surface area contributed by atoms with Crippen molar-refractivity contribution in [3.8, 4) is 17.2 Å². The molecule has 1 saturated heterocycles. The van der Waals surface area contributed by atoms with E-state index in [1.54, 1.807) is 31.2 Å². The first-order chi connectivity index (χ1) is 16.5. The average molecular weight is 482 g/mol. The van der Waals surface area contributed by atoms with Gasteiger partial charge < -0.3 is 24.8 Å². The largest absolute Gasteiger partial charge is 0.495 e. The lowest BCUT2D eigenvalue weighted by Crippen LogP contribution is -2.42. The van der Waals surface area contributed by atoms with Gasteiger partial charge in [-0.15, -0.1) is 0 Å². The summed E-state index contributed by atoms with van der Waals surface area (Å²) in [6.07, 6.45) is 0.753. The molecule has 9 nitrogen and oxygen atoms in total. The number of anilines is 1. The van der Waals surface area contributed by atoms with Crippen molar-refractivity contribution in [3.05, 3.63) is 47.5 Å². The number of carbonyl (C=O) groups is 3. The van der Waals surface area contributed by atoms with Crippen molar-refractivity contribution in [1.82, 2.24) is 10.2 Å². The number of carbonyl (C=O) groups excluding carboxylic acids is 3. The number of imide groups is 1. The number of hydrogen-bond acceptors (Lipinski definition) is 6. The van der Waals surface area contributed by atoms with Gasteiger partial charge in [-0.25, -0.2) is 4.79 Å². The van der Waals surface area contributed by atoms with Crippen LogP contribution in [0.5, 0.6) is 17.2 Å². The van der Waals surface area contributed by atoms with Gasteiger partial charge in [-0.2, -0.15) is 0 Å². The van der Waals surface area contributed by atoms with E-state index in [9.17, 15) is 14.4 Å². The highest BCUT2D eigenvalue weighted by Gasteiger charge is 2.49. The molecule has 0 aliphatic carbocycles. The van der Waals surface area contributed by atoms with Crippen LogP contribution in [0.25, 0.3) is 0 Å². The molecule has 0 unspecified atom stereocenters. The number of ether oxygens (including phenoxy) is 3. The fourth-order valence-corrected chi connectivity index (χ4v) is 4.12. The molecule has 2 aromatic carbocycles. The Morgan fingerprint density at radius 3 is 2.51 bits per heavy atom. The second-order valence-electron chi connectivity index (χ2n) is 9.87. The SMILES string of the molecule is COc1ccc(C(C)(C)C)cc1NC(=O)CN1C(=O)N[C@@](C)(c2ccc3c(c2)OCCCO3)C1=O. The summed E-state index contributed by atoms with van der Waals surface area (Å²) in [5.74, 6) is 0.559. The molecule has 0 spiro atoms. The third-order valence-electron chi connectivity index (χ3n) is 6.24. The van der Waals surface area contributed by atoms with Crippen LogP contribution in [0, 0.1) is 0 Å². The summed E-state index contributed by atoms with van der Waals surface area (Å²) in [6.45, 7) is 8.41. The van der Waals surface area contributed by atoms with Crippen LogP contribution in [-0.4, -0.2) is 49.6 Å². The van der Waals surface area contributed by atoms with Gasteiger partial charge in [0.15, 0.2) is 11.5 Å². The molecule has 2 aliphatic heterocycles. The number of rotatable bonds is 5. The zero-order valence-corrected chi connectivity index (χ0v) is 20.7. The van der Waals surface area contributed by atoms with Gasteiger partial charge in [-0.1, -0.05) is 32.9 Å². The van der Waals surface area contributed by atoms with Gasteiger partial charge in [-0.3, -0.25) is 14.5 Å². The van der Waals surface area contributed by atoms with Gasteiger partial charge in [-0.05, 0) is 47.7 Å². The maximum atomic E-state index is 13.3. The van der Waals surface area contributed by atoms with Crippen LogP contribution in [-0.2, 0) is 20.5 Å². The standard InChI is InChI=1S/C26H31N3O6/c1-25(2,3)16-7-9-19(33-5)18(13-16)27-22(30)15-29-23(31)26(4,28-24(29)32)17-8-10-20-21(14-17)35-12-6-11-34-20/h7-10,13-14H,6,11-12,15H2,1-5H3,(H,27,30)(H,28,32)/t26-/m0/s1. The second-order valence-corrected chi connectivity index (χ2v) is 9.87. The summed E-state index contributed by atoms with van der Waals surface area (Å²) < 4.78 is 16.8. The van der Waals surface area contributed by atoms with Crippen LogP contribution in [0.3, 0.4) is 0 Å². The predicted octanol–water partition coefficient (Wildman–Crippen LogP) is 3.56. The van der Waals surface area contributed by atoms with Crippen LogP contribution in [0.1, 0.15) is 45.2 Å². The molecule has 0 aromatic heterocycles. The van der Waals surface area contributed by atoms with Crippen molar-refractivity contribution in [3.63, 3.8) is 0 Å². The number of urea groups is 1. The molecule has 0 saturated carbocycles. The minimum Gasteiger partial charge on any atom is -0.495 e. The molecule has 2 heterocycles. The summed E-state index contributed by atoms with van der Waals surface area (Å²) >= 11 is 0. The lowest BCUT2D eigenvalue weighted by Gasteiger charge is -2.23. The average Bonchev–Trinajstić information content (AvgIpc) is 2.97.